The van der Waals surface area contributed by atoms with Crippen molar-refractivity contribution in [3.63, 3.8) is 0 Å². The fraction of sp³-hybridized carbons (Fsp3) is 0.364. The van der Waals surface area contributed by atoms with Crippen LogP contribution in [0.4, 0.5) is 18.9 Å². The highest BCUT2D eigenvalue weighted by Crippen LogP contribution is 2.33. The fourth-order valence-corrected chi connectivity index (χ4v) is 1.39. The van der Waals surface area contributed by atoms with Crippen molar-refractivity contribution in [2.24, 2.45) is 5.73 Å². The van der Waals surface area contributed by atoms with Crippen molar-refractivity contribution in [2.45, 2.75) is 19.5 Å². The van der Waals surface area contributed by atoms with Gasteiger partial charge >= 0.3 is 6.18 Å². The lowest BCUT2D eigenvalue weighted by Gasteiger charge is -2.14. The summed E-state index contributed by atoms with van der Waals surface area (Å²) in [6.07, 6.45) is -3.64. The van der Waals surface area contributed by atoms with Crippen molar-refractivity contribution in [1.82, 2.24) is 0 Å². The Kier molecular flexibility index (Phi) is 3.98. The number of hydrogen-bond donors (Lipinski definition) is 3. The maximum Gasteiger partial charge on any atom is 0.417 e. The molecule has 94 valence electrons. The average Bonchev–Trinajstić information content (AvgIpc) is 2.24. The number of nitrogens with one attached hydrogen (secondary N) is 2. The predicted molar refractivity (Wildman–Crippen MR) is 61.2 cm³/mol. The van der Waals surface area contributed by atoms with Crippen LogP contribution in [0.3, 0.4) is 0 Å². The third-order valence-corrected chi connectivity index (χ3v) is 2.19. The zero-order valence-electron chi connectivity index (χ0n) is 9.36. The van der Waals surface area contributed by atoms with Gasteiger partial charge in [0.05, 0.1) is 5.56 Å². The van der Waals surface area contributed by atoms with Gasteiger partial charge in [-0.25, -0.2) is 0 Å². The van der Waals surface area contributed by atoms with Crippen LogP contribution < -0.4 is 11.1 Å². The average molecular weight is 245 g/mol. The molecular weight excluding hydrogens is 231 g/mol. The Morgan fingerprint density at radius 2 is 2.06 bits per heavy atom. The molecule has 1 aromatic rings. The number of halogens is 3. The lowest BCUT2D eigenvalue weighted by atomic mass is 10.1. The quantitative estimate of drug-likeness (QED) is 0.564. The Morgan fingerprint density at radius 3 is 2.53 bits per heavy atom. The van der Waals surface area contributed by atoms with Gasteiger partial charge in [-0.3, -0.25) is 5.41 Å². The van der Waals surface area contributed by atoms with E-state index >= 15 is 0 Å². The maximum absolute atomic E-state index is 12.6. The summed E-state index contributed by atoms with van der Waals surface area (Å²) in [5.74, 6) is -0.586. The van der Waals surface area contributed by atoms with E-state index < -0.39 is 17.6 Å². The van der Waals surface area contributed by atoms with Crippen molar-refractivity contribution in [3.8, 4) is 0 Å². The number of hydrogen-bond acceptors (Lipinski definition) is 2. The van der Waals surface area contributed by atoms with Crippen molar-refractivity contribution >= 4 is 11.5 Å². The van der Waals surface area contributed by atoms with Crippen LogP contribution in [-0.2, 0) is 6.18 Å². The van der Waals surface area contributed by atoms with Crippen LogP contribution in [0.2, 0.25) is 0 Å². The smallest absolute Gasteiger partial charge is 0.385 e. The van der Waals surface area contributed by atoms with Crippen molar-refractivity contribution < 1.29 is 13.2 Å². The summed E-state index contributed by atoms with van der Waals surface area (Å²) in [5, 5.41) is 10.1. The summed E-state index contributed by atoms with van der Waals surface area (Å²) in [7, 11) is 0. The molecule has 0 aliphatic carbocycles. The molecule has 1 aromatic carbocycles. The molecule has 0 atom stereocenters. The first kappa shape index (κ1) is 13.3. The van der Waals surface area contributed by atoms with Gasteiger partial charge in [-0.2, -0.15) is 13.2 Å². The third-order valence-electron chi connectivity index (χ3n) is 2.19. The van der Waals surface area contributed by atoms with Gasteiger partial charge in [0.25, 0.3) is 0 Å². The summed E-state index contributed by atoms with van der Waals surface area (Å²) in [6, 6.07) is 3.53. The van der Waals surface area contributed by atoms with Gasteiger partial charge in [-0.15, -0.1) is 0 Å². The molecule has 0 fully saturated rings. The van der Waals surface area contributed by atoms with Crippen LogP contribution >= 0.6 is 0 Å². The molecule has 3 nitrogen and oxygen atoms in total. The van der Waals surface area contributed by atoms with E-state index in [-0.39, 0.29) is 5.56 Å². The van der Waals surface area contributed by atoms with Gasteiger partial charge < -0.3 is 11.1 Å². The molecule has 0 aliphatic rings. The summed E-state index contributed by atoms with van der Waals surface area (Å²) in [5.41, 5.74) is 4.52. The van der Waals surface area contributed by atoms with Crippen molar-refractivity contribution in [2.75, 3.05) is 11.9 Å². The van der Waals surface area contributed by atoms with E-state index in [1.807, 2.05) is 6.92 Å². The molecule has 0 radical (unpaired) electrons. The zero-order valence-corrected chi connectivity index (χ0v) is 9.36. The highest BCUT2D eigenvalue weighted by Gasteiger charge is 2.34. The zero-order chi connectivity index (χ0) is 13.1. The number of benzene rings is 1. The largest absolute Gasteiger partial charge is 0.417 e. The number of amidine groups is 1. The molecule has 0 aliphatic heterocycles. The van der Waals surface area contributed by atoms with Gasteiger partial charge in [0.15, 0.2) is 0 Å². The van der Waals surface area contributed by atoms with E-state index in [2.05, 4.69) is 5.32 Å². The van der Waals surface area contributed by atoms with Crippen LogP contribution in [0.1, 0.15) is 24.5 Å². The van der Waals surface area contributed by atoms with Crippen LogP contribution in [0.5, 0.6) is 0 Å². The second kappa shape index (κ2) is 5.07. The molecule has 0 heterocycles. The first-order valence-corrected chi connectivity index (χ1v) is 5.15. The molecule has 0 bridgehead atoms. The standard InChI is InChI=1S/C11H14F3N3/c1-2-5-17-7-3-4-9(11(12,13)14)8(6-7)10(15)16/h3-4,6,17H,2,5H2,1H3,(H3,15,16). The van der Waals surface area contributed by atoms with Gasteiger partial charge in [-0.05, 0) is 24.6 Å². The van der Waals surface area contributed by atoms with Gasteiger partial charge in [0.1, 0.15) is 5.84 Å². The van der Waals surface area contributed by atoms with E-state index in [0.717, 1.165) is 12.5 Å². The van der Waals surface area contributed by atoms with E-state index in [0.29, 0.717) is 12.2 Å². The van der Waals surface area contributed by atoms with E-state index in [4.69, 9.17) is 11.1 Å². The number of nitrogens with two attached hydrogens (primary N) is 1. The topological polar surface area (TPSA) is 61.9 Å². The first-order valence-electron chi connectivity index (χ1n) is 5.15. The van der Waals surface area contributed by atoms with Crippen molar-refractivity contribution in [1.29, 1.82) is 5.41 Å². The molecule has 0 saturated carbocycles. The molecular formula is C11H14F3N3. The number of nitrogen functional groups attached to an aromatic ring is 1. The van der Waals surface area contributed by atoms with Crippen LogP contribution in [-0.4, -0.2) is 12.4 Å². The van der Waals surface area contributed by atoms with Gasteiger partial charge in [-0.1, -0.05) is 6.92 Å². The molecule has 0 spiro atoms. The number of anilines is 1. The van der Waals surface area contributed by atoms with E-state index in [1.165, 1.54) is 12.1 Å². The predicted octanol–water partition coefficient (Wildman–Crippen LogP) is 2.81. The monoisotopic (exact) mass is 245 g/mol. The molecule has 1 rings (SSSR count). The molecule has 6 heteroatoms. The molecule has 4 N–H and O–H groups in total. The number of alkyl halides is 3. The SMILES string of the molecule is CCCNc1ccc(C(F)(F)F)c(C(=N)N)c1. The Morgan fingerprint density at radius 1 is 1.41 bits per heavy atom. The Bertz CT molecular complexity index is 413. The normalized spacial score (nSPS) is 11.3. The van der Waals surface area contributed by atoms with E-state index in [9.17, 15) is 13.2 Å². The summed E-state index contributed by atoms with van der Waals surface area (Å²) < 4.78 is 37.9. The third kappa shape index (κ3) is 3.37. The Labute approximate surface area is 97.3 Å². The van der Waals surface area contributed by atoms with Crippen molar-refractivity contribution in [3.05, 3.63) is 29.3 Å². The highest BCUT2D eigenvalue weighted by atomic mass is 19.4. The second-order valence-corrected chi connectivity index (χ2v) is 3.60. The molecule has 0 unspecified atom stereocenters. The van der Waals surface area contributed by atoms with Crippen LogP contribution in [0.25, 0.3) is 0 Å². The Balaban J connectivity index is 3.13. The summed E-state index contributed by atoms with van der Waals surface area (Å²) >= 11 is 0. The summed E-state index contributed by atoms with van der Waals surface area (Å²) in [6.45, 7) is 2.60. The van der Waals surface area contributed by atoms with Gasteiger partial charge in [0.2, 0.25) is 0 Å². The van der Waals surface area contributed by atoms with Gasteiger partial charge in [0, 0.05) is 17.8 Å². The second-order valence-electron chi connectivity index (χ2n) is 3.60. The molecule has 17 heavy (non-hydrogen) atoms. The minimum absolute atomic E-state index is 0.293. The molecule has 0 amide bonds. The lowest BCUT2D eigenvalue weighted by Crippen LogP contribution is -2.19. The first-order chi connectivity index (χ1) is 7.86. The minimum Gasteiger partial charge on any atom is -0.385 e. The maximum atomic E-state index is 12.6. The number of rotatable bonds is 4. The molecule has 0 aromatic heterocycles. The minimum atomic E-state index is -4.50. The Hall–Kier alpha value is -1.72. The van der Waals surface area contributed by atoms with Crippen LogP contribution in [0.15, 0.2) is 18.2 Å². The summed E-state index contributed by atoms with van der Waals surface area (Å²) in [4.78, 5) is 0. The highest BCUT2D eigenvalue weighted by molar-refractivity contribution is 5.97. The fourth-order valence-electron chi connectivity index (χ4n) is 1.39. The van der Waals surface area contributed by atoms with Crippen LogP contribution in [0, 0.1) is 5.41 Å². The van der Waals surface area contributed by atoms with E-state index in [1.54, 1.807) is 0 Å². The lowest BCUT2D eigenvalue weighted by molar-refractivity contribution is -0.137. The molecule has 0 saturated heterocycles.